The number of ether oxygens (including phenoxy) is 2. The van der Waals surface area contributed by atoms with Crippen molar-refractivity contribution >= 4 is 0 Å². The van der Waals surface area contributed by atoms with Crippen LogP contribution in [0.3, 0.4) is 0 Å². The van der Waals surface area contributed by atoms with Crippen LogP contribution in [-0.2, 0) is 9.47 Å². The maximum absolute atomic E-state index is 6.24. The summed E-state index contributed by atoms with van der Waals surface area (Å²) in [6.45, 7) is 2.41. The number of hydrogen-bond acceptors (Lipinski definition) is 4. The van der Waals surface area contributed by atoms with Crippen LogP contribution in [0.4, 0.5) is 0 Å². The Balaban J connectivity index is 1.44. The van der Waals surface area contributed by atoms with Gasteiger partial charge in [0.2, 0.25) is 0 Å². The Morgan fingerprint density at radius 3 is 2.52 bits per heavy atom. The fourth-order valence-electron chi connectivity index (χ4n) is 4.02. The van der Waals surface area contributed by atoms with Crippen LogP contribution in [0.2, 0.25) is 0 Å². The predicted molar refractivity (Wildman–Crippen MR) is 92.4 cm³/mol. The number of rotatable bonds is 6. The van der Waals surface area contributed by atoms with Crippen LogP contribution in [0, 0.1) is 0 Å². The van der Waals surface area contributed by atoms with Crippen molar-refractivity contribution < 1.29 is 9.47 Å². The molecule has 2 fully saturated rings. The number of nitrogens with zero attached hydrogens (tertiary/aromatic N) is 1. The molecule has 2 N–H and O–H groups in total. The quantitative estimate of drug-likeness (QED) is 0.876. The smallest absolute Gasteiger partial charge is 0.0990 e. The van der Waals surface area contributed by atoms with E-state index in [1.54, 1.807) is 7.11 Å². The highest BCUT2D eigenvalue weighted by molar-refractivity contribution is 5.19. The molecule has 23 heavy (non-hydrogen) atoms. The molecule has 1 aromatic rings. The van der Waals surface area contributed by atoms with Gasteiger partial charge in [-0.05, 0) is 43.6 Å². The minimum absolute atomic E-state index is 0.214. The first-order chi connectivity index (χ1) is 11.3. The molecule has 0 aromatic heterocycles. The van der Waals surface area contributed by atoms with Crippen molar-refractivity contribution in [3.05, 3.63) is 35.9 Å². The van der Waals surface area contributed by atoms with Crippen molar-refractivity contribution in [2.45, 2.75) is 56.2 Å². The fraction of sp³-hybridized carbons (Fsp3) is 0.684. The Hall–Kier alpha value is -0.940. The lowest BCUT2D eigenvalue weighted by atomic mass is 9.83. The van der Waals surface area contributed by atoms with Gasteiger partial charge in [0.1, 0.15) is 0 Å². The molecule has 2 atom stereocenters. The highest BCUT2D eigenvalue weighted by atomic mass is 16.5. The third-order valence-corrected chi connectivity index (χ3v) is 5.46. The van der Waals surface area contributed by atoms with E-state index in [2.05, 4.69) is 35.2 Å². The van der Waals surface area contributed by atoms with Crippen molar-refractivity contribution in [1.29, 1.82) is 0 Å². The number of methoxy groups -OCH3 is 1. The summed E-state index contributed by atoms with van der Waals surface area (Å²) in [7, 11) is 1.74. The van der Waals surface area contributed by atoms with Crippen molar-refractivity contribution in [3.63, 3.8) is 0 Å². The molecule has 128 valence electrons. The summed E-state index contributed by atoms with van der Waals surface area (Å²) in [6, 6.07) is 11.4. The Labute approximate surface area is 139 Å². The lowest BCUT2D eigenvalue weighted by Crippen LogP contribution is -2.44. The second-order valence-corrected chi connectivity index (χ2v) is 6.97. The van der Waals surface area contributed by atoms with Crippen molar-refractivity contribution in [2.24, 2.45) is 5.73 Å². The average Bonchev–Trinajstić information content (AvgIpc) is 2.95. The largest absolute Gasteiger partial charge is 0.377 e. The van der Waals surface area contributed by atoms with Gasteiger partial charge in [-0.25, -0.2) is 0 Å². The van der Waals surface area contributed by atoms with Gasteiger partial charge in [0.15, 0.2) is 0 Å². The zero-order valence-corrected chi connectivity index (χ0v) is 14.2. The molecule has 4 nitrogen and oxygen atoms in total. The SMILES string of the molecule is COCN1CCC(N)C1COC1CCC(c2ccccc2)CC1. The van der Waals surface area contributed by atoms with E-state index >= 15 is 0 Å². The van der Waals surface area contributed by atoms with Gasteiger partial charge in [0, 0.05) is 19.7 Å². The van der Waals surface area contributed by atoms with Crippen LogP contribution in [0.25, 0.3) is 0 Å². The van der Waals surface area contributed by atoms with Crippen LogP contribution in [0.1, 0.15) is 43.6 Å². The van der Waals surface area contributed by atoms with E-state index in [9.17, 15) is 0 Å². The minimum atomic E-state index is 0.214. The average molecular weight is 318 g/mol. The summed E-state index contributed by atoms with van der Waals surface area (Å²) in [5.74, 6) is 0.703. The molecule has 2 unspecified atom stereocenters. The number of nitrogens with two attached hydrogens (primary N) is 1. The molecule has 3 rings (SSSR count). The summed E-state index contributed by atoms with van der Waals surface area (Å²) in [6.07, 6.45) is 6.21. The van der Waals surface area contributed by atoms with E-state index in [1.165, 1.54) is 18.4 Å². The molecule has 0 bridgehead atoms. The Morgan fingerprint density at radius 2 is 1.83 bits per heavy atom. The summed E-state index contributed by atoms with van der Waals surface area (Å²) in [4.78, 5) is 2.31. The third-order valence-electron chi connectivity index (χ3n) is 5.46. The maximum atomic E-state index is 6.24. The monoisotopic (exact) mass is 318 g/mol. The van der Waals surface area contributed by atoms with Crippen LogP contribution in [-0.4, -0.2) is 50.1 Å². The third kappa shape index (κ3) is 4.32. The first-order valence-corrected chi connectivity index (χ1v) is 8.93. The topological polar surface area (TPSA) is 47.7 Å². The zero-order valence-electron chi connectivity index (χ0n) is 14.2. The van der Waals surface area contributed by atoms with E-state index in [0.29, 0.717) is 24.8 Å². The van der Waals surface area contributed by atoms with Crippen molar-refractivity contribution in [1.82, 2.24) is 4.90 Å². The van der Waals surface area contributed by atoms with Crippen LogP contribution in [0.5, 0.6) is 0 Å². The highest BCUT2D eigenvalue weighted by Gasteiger charge is 2.33. The second kappa shape index (κ2) is 8.25. The molecular weight excluding hydrogens is 288 g/mol. The summed E-state index contributed by atoms with van der Waals surface area (Å²) >= 11 is 0. The van der Waals surface area contributed by atoms with Gasteiger partial charge in [-0.2, -0.15) is 0 Å². The molecule has 0 amide bonds. The highest BCUT2D eigenvalue weighted by Crippen LogP contribution is 2.34. The Kier molecular flexibility index (Phi) is 6.06. The van der Waals surface area contributed by atoms with Crippen LogP contribution >= 0.6 is 0 Å². The number of likely N-dealkylation sites (tertiary alicyclic amines) is 1. The molecule has 2 aliphatic rings. The van der Waals surface area contributed by atoms with Crippen LogP contribution in [0.15, 0.2) is 30.3 Å². The molecule has 4 heteroatoms. The Bertz CT molecular complexity index is 458. The predicted octanol–water partition coefficient (Wildman–Crippen LogP) is 2.73. The second-order valence-electron chi connectivity index (χ2n) is 6.97. The number of hydrogen-bond donors (Lipinski definition) is 1. The number of benzene rings is 1. The molecule has 0 radical (unpaired) electrons. The molecule has 0 spiro atoms. The zero-order chi connectivity index (χ0) is 16.1. The lowest BCUT2D eigenvalue weighted by Gasteiger charge is -2.32. The molecule has 1 aromatic carbocycles. The van der Waals surface area contributed by atoms with Crippen molar-refractivity contribution in [2.75, 3.05) is 27.0 Å². The summed E-state index contributed by atoms with van der Waals surface area (Å²) in [5.41, 5.74) is 7.72. The normalized spacial score (nSPS) is 32.3. The standard InChI is InChI=1S/C19H30N2O2/c1-22-14-21-12-11-18(20)19(21)13-23-17-9-7-16(8-10-17)15-5-3-2-4-6-15/h2-6,16-19H,7-14,20H2,1H3. The van der Waals surface area contributed by atoms with Gasteiger partial charge < -0.3 is 15.2 Å². The summed E-state index contributed by atoms with van der Waals surface area (Å²) in [5, 5.41) is 0. The first kappa shape index (κ1) is 16.9. The summed E-state index contributed by atoms with van der Waals surface area (Å²) < 4.78 is 11.5. The van der Waals surface area contributed by atoms with E-state index < -0.39 is 0 Å². The van der Waals surface area contributed by atoms with E-state index in [0.717, 1.165) is 32.4 Å². The maximum Gasteiger partial charge on any atom is 0.0990 e. The van der Waals surface area contributed by atoms with E-state index in [1.807, 2.05) is 0 Å². The van der Waals surface area contributed by atoms with E-state index in [-0.39, 0.29) is 6.04 Å². The molecular formula is C19H30N2O2. The van der Waals surface area contributed by atoms with E-state index in [4.69, 9.17) is 15.2 Å². The first-order valence-electron chi connectivity index (χ1n) is 8.93. The molecule has 1 saturated heterocycles. The van der Waals surface area contributed by atoms with Crippen LogP contribution < -0.4 is 5.73 Å². The molecule has 1 saturated carbocycles. The van der Waals surface area contributed by atoms with Gasteiger partial charge in [-0.1, -0.05) is 30.3 Å². The van der Waals surface area contributed by atoms with Gasteiger partial charge in [0.05, 0.1) is 25.5 Å². The van der Waals surface area contributed by atoms with Crippen molar-refractivity contribution in [3.8, 4) is 0 Å². The molecule has 1 aliphatic carbocycles. The lowest BCUT2D eigenvalue weighted by molar-refractivity contribution is -0.0271. The minimum Gasteiger partial charge on any atom is -0.377 e. The molecule has 1 heterocycles. The molecule has 1 aliphatic heterocycles. The van der Waals surface area contributed by atoms with Gasteiger partial charge in [-0.15, -0.1) is 0 Å². The van der Waals surface area contributed by atoms with Gasteiger partial charge >= 0.3 is 0 Å². The van der Waals surface area contributed by atoms with Gasteiger partial charge in [-0.3, -0.25) is 4.90 Å². The fourth-order valence-corrected chi connectivity index (χ4v) is 4.02. The Morgan fingerprint density at radius 1 is 1.09 bits per heavy atom. The van der Waals surface area contributed by atoms with Gasteiger partial charge in [0.25, 0.3) is 0 Å².